The van der Waals surface area contributed by atoms with Crippen molar-refractivity contribution in [3.05, 3.63) is 39.9 Å². The van der Waals surface area contributed by atoms with Gasteiger partial charge in [-0.25, -0.2) is 0 Å². The lowest BCUT2D eigenvalue weighted by Gasteiger charge is -2.36. The first-order valence-electron chi connectivity index (χ1n) is 6.59. The van der Waals surface area contributed by atoms with Crippen LogP contribution in [0.1, 0.15) is 36.3 Å². The van der Waals surface area contributed by atoms with Crippen LogP contribution in [0.3, 0.4) is 0 Å². The molecular formula is C14H16ClN3S. The van der Waals surface area contributed by atoms with E-state index in [1.807, 2.05) is 12.1 Å². The fraction of sp³-hybridized carbons (Fsp3) is 0.429. The zero-order valence-corrected chi connectivity index (χ0v) is 12.3. The highest BCUT2D eigenvalue weighted by molar-refractivity contribution is 7.15. The molecule has 5 heteroatoms. The summed E-state index contributed by atoms with van der Waals surface area (Å²) >= 11 is 7.68. The Kier molecular flexibility index (Phi) is 3.71. The molecule has 0 radical (unpaired) electrons. The summed E-state index contributed by atoms with van der Waals surface area (Å²) in [4.78, 5) is 0. The first kappa shape index (κ1) is 12.9. The van der Waals surface area contributed by atoms with Gasteiger partial charge >= 0.3 is 0 Å². The van der Waals surface area contributed by atoms with E-state index in [0.29, 0.717) is 12.0 Å². The lowest BCUT2D eigenvalue weighted by molar-refractivity contribution is 0.374. The molecule has 1 aliphatic carbocycles. The number of nitrogens with zero attached hydrogens (tertiary/aromatic N) is 2. The molecule has 1 aromatic heterocycles. The number of halogens is 1. The van der Waals surface area contributed by atoms with Crippen molar-refractivity contribution in [3.63, 3.8) is 0 Å². The van der Waals surface area contributed by atoms with Crippen molar-refractivity contribution in [3.8, 4) is 0 Å². The number of benzene rings is 1. The first-order chi connectivity index (χ1) is 9.24. The normalized spacial score (nSPS) is 22.0. The van der Waals surface area contributed by atoms with Gasteiger partial charge in [0.2, 0.25) is 5.13 Å². The van der Waals surface area contributed by atoms with E-state index in [9.17, 15) is 0 Å². The van der Waals surface area contributed by atoms with E-state index >= 15 is 0 Å². The first-order valence-corrected chi connectivity index (χ1v) is 7.78. The maximum Gasteiger partial charge on any atom is 0.205 e. The lowest BCUT2D eigenvalue weighted by Crippen LogP contribution is -2.33. The van der Waals surface area contributed by atoms with Crippen molar-refractivity contribution in [1.82, 2.24) is 10.2 Å². The van der Waals surface area contributed by atoms with Crippen LogP contribution in [0.15, 0.2) is 24.3 Å². The highest BCUT2D eigenvalue weighted by Gasteiger charge is 2.30. The van der Waals surface area contributed by atoms with Crippen LogP contribution < -0.4 is 5.32 Å². The Morgan fingerprint density at radius 1 is 1.37 bits per heavy atom. The van der Waals surface area contributed by atoms with Crippen LogP contribution >= 0.6 is 22.9 Å². The molecule has 0 atom stereocenters. The maximum atomic E-state index is 6.02. The van der Waals surface area contributed by atoms with Gasteiger partial charge in [0.15, 0.2) is 0 Å². The predicted octanol–water partition coefficient (Wildman–Crippen LogP) is 4.11. The summed E-state index contributed by atoms with van der Waals surface area (Å²) < 4.78 is 0. The van der Waals surface area contributed by atoms with Gasteiger partial charge in [0.25, 0.3) is 0 Å². The summed E-state index contributed by atoms with van der Waals surface area (Å²) in [6.07, 6.45) is 3.23. The third-order valence-corrected chi connectivity index (χ3v) is 4.79. The van der Waals surface area contributed by atoms with E-state index in [-0.39, 0.29) is 0 Å². The number of rotatable bonds is 4. The topological polar surface area (TPSA) is 37.8 Å². The molecule has 0 spiro atoms. The molecule has 3 rings (SSSR count). The van der Waals surface area contributed by atoms with E-state index in [4.69, 9.17) is 11.6 Å². The van der Waals surface area contributed by atoms with Gasteiger partial charge in [0, 0.05) is 11.1 Å². The van der Waals surface area contributed by atoms with Crippen molar-refractivity contribution < 1.29 is 0 Å². The maximum absolute atomic E-state index is 6.02. The second-order valence-electron chi connectivity index (χ2n) is 4.92. The van der Waals surface area contributed by atoms with Gasteiger partial charge in [-0.3, -0.25) is 0 Å². The molecule has 100 valence electrons. The van der Waals surface area contributed by atoms with Crippen LogP contribution in [0, 0.1) is 0 Å². The smallest absolute Gasteiger partial charge is 0.205 e. The monoisotopic (exact) mass is 293 g/mol. The molecule has 19 heavy (non-hydrogen) atoms. The summed E-state index contributed by atoms with van der Waals surface area (Å²) in [5, 5.41) is 14.6. The molecule has 0 unspecified atom stereocenters. The molecule has 1 aliphatic rings. The molecule has 0 aliphatic heterocycles. The Bertz CT molecular complexity index is 563. The van der Waals surface area contributed by atoms with Crippen LogP contribution in [0.2, 0.25) is 5.02 Å². The van der Waals surface area contributed by atoms with Gasteiger partial charge in [-0.1, -0.05) is 42.0 Å². The van der Waals surface area contributed by atoms with Crippen LogP contribution in [-0.4, -0.2) is 16.2 Å². The molecule has 1 heterocycles. The summed E-state index contributed by atoms with van der Waals surface area (Å²) in [7, 11) is 0. The Balaban J connectivity index is 1.55. The van der Waals surface area contributed by atoms with Crippen molar-refractivity contribution >= 4 is 28.1 Å². The summed E-state index contributed by atoms with van der Waals surface area (Å²) in [5.41, 5.74) is 1.34. The third-order valence-electron chi connectivity index (χ3n) is 3.56. The molecular weight excluding hydrogens is 278 g/mol. The minimum Gasteiger partial charge on any atom is -0.357 e. The Morgan fingerprint density at radius 2 is 2.21 bits per heavy atom. The van der Waals surface area contributed by atoms with Gasteiger partial charge in [-0.05, 0) is 42.9 Å². The minimum absolute atomic E-state index is 0.515. The molecule has 1 aromatic carbocycles. The molecule has 0 amide bonds. The Morgan fingerprint density at radius 3 is 2.89 bits per heavy atom. The number of anilines is 1. The third kappa shape index (κ3) is 2.90. The molecule has 2 aromatic rings. The summed E-state index contributed by atoms with van der Waals surface area (Å²) in [6.45, 7) is 2.10. The zero-order valence-electron chi connectivity index (χ0n) is 10.8. The number of hydrogen-bond acceptors (Lipinski definition) is 4. The van der Waals surface area contributed by atoms with E-state index in [0.717, 1.165) is 34.4 Å². The van der Waals surface area contributed by atoms with Crippen molar-refractivity contribution in [1.29, 1.82) is 0 Å². The average Bonchev–Trinajstić information content (AvgIpc) is 2.81. The summed E-state index contributed by atoms with van der Waals surface area (Å²) in [5.74, 6) is 0.620. The lowest BCUT2D eigenvalue weighted by atomic mass is 9.76. The van der Waals surface area contributed by atoms with E-state index < -0.39 is 0 Å². The number of hydrogen-bond donors (Lipinski definition) is 1. The SMILES string of the molecule is CCc1nnc(NC2CC(c3cccc(Cl)c3)C2)s1. The minimum atomic E-state index is 0.515. The van der Waals surface area contributed by atoms with Gasteiger partial charge < -0.3 is 5.32 Å². The van der Waals surface area contributed by atoms with Crippen LogP contribution in [0.5, 0.6) is 0 Å². The number of aromatic nitrogens is 2. The molecule has 0 bridgehead atoms. The van der Waals surface area contributed by atoms with E-state index in [2.05, 4.69) is 34.6 Å². The van der Waals surface area contributed by atoms with Crippen LogP contribution in [0.4, 0.5) is 5.13 Å². The number of nitrogens with one attached hydrogen (secondary N) is 1. The van der Waals surface area contributed by atoms with Gasteiger partial charge in [-0.2, -0.15) is 0 Å². The van der Waals surface area contributed by atoms with Gasteiger partial charge in [0.1, 0.15) is 5.01 Å². The second kappa shape index (κ2) is 5.47. The Labute approximate surface area is 122 Å². The molecule has 1 saturated carbocycles. The zero-order chi connectivity index (χ0) is 13.2. The fourth-order valence-corrected chi connectivity index (χ4v) is 3.35. The van der Waals surface area contributed by atoms with Crippen LogP contribution in [0.25, 0.3) is 0 Å². The predicted molar refractivity (Wildman–Crippen MR) is 80.1 cm³/mol. The highest BCUT2D eigenvalue weighted by atomic mass is 35.5. The Hall–Kier alpha value is -1.13. The fourth-order valence-electron chi connectivity index (χ4n) is 2.40. The quantitative estimate of drug-likeness (QED) is 0.922. The van der Waals surface area contributed by atoms with Crippen molar-refractivity contribution in [2.45, 2.75) is 38.1 Å². The van der Waals surface area contributed by atoms with Crippen molar-refractivity contribution in [2.75, 3.05) is 5.32 Å². The highest BCUT2D eigenvalue weighted by Crippen LogP contribution is 2.39. The van der Waals surface area contributed by atoms with Crippen molar-refractivity contribution in [2.24, 2.45) is 0 Å². The average molecular weight is 294 g/mol. The molecule has 3 nitrogen and oxygen atoms in total. The summed E-state index contributed by atoms with van der Waals surface area (Å²) in [6, 6.07) is 8.70. The van der Waals surface area contributed by atoms with Gasteiger partial charge in [-0.15, -0.1) is 10.2 Å². The standard InChI is InChI=1S/C14H16ClN3S/c1-2-13-17-18-14(19-13)16-12-7-10(8-12)9-4-3-5-11(15)6-9/h3-6,10,12H,2,7-8H2,1H3,(H,16,18). The van der Waals surface area contributed by atoms with Crippen LogP contribution in [-0.2, 0) is 6.42 Å². The van der Waals surface area contributed by atoms with E-state index in [1.165, 1.54) is 5.56 Å². The number of aryl methyl sites for hydroxylation is 1. The van der Waals surface area contributed by atoms with E-state index in [1.54, 1.807) is 11.3 Å². The molecule has 0 saturated heterocycles. The van der Waals surface area contributed by atoms with Gasteiger partial charge in [0.05, 0.1) is 0 Å². The molecule has 1 fully saturated rings. The second-order valence-corrected chi connectivity index (χ2v) is 6.42. The molecule has 1 N–H and O–H groups in total. The largest absolute Gasteiger partial charge is 0.357 e.